The van der Waals surface area contributed by atoms with Crippen molar-refractivity contribution in [3.8, 4) is 0 Å². The van der Waals surface area contributed by atoms with E-state index in [1.165, 1.54) is 12.5 Å². The maximum atomic E-state index is 13.1. The minimum atomic E-state index is -0.854. The molecule has 1 aromatic carbocycles. The number of ether oxygens (including phenoxy) is 1. The Kier molecular flexibility index (Phi) is 5.72. The predicted octanol–water partition coefficient (Wildman–Crippen LogP) is 2.05. The van der Waals surface area contributed by atoms with Crippen molar-refractivity contribution >= 4 is 28.3 Å². The standard InChI is InChI=1S/C14H13F2N3O3S/c1-22-3-2-17-13(21)11-7-23-14(18-11)19-12(20)8-4-9(15)6-10(16)5-8/h4-7H,2-3H2,1H3,(H,17,21)(H,18,19,20). The van der Waals surface area contributed by atoms with Crippen LogP contribution in [0.15, 0.2) is 23.6 Å². The molecular formula is C14H13F2N3O3S. The molecule has 2 rings (SSSR count). The number of halogens is 2. The minimum Gasteiger partial charge on any atom is -0.383 e. The van der Waals surface area contributed by atoms with Crippen molar-refractivity contribution in [1.29, 1.82) is 0 Å². The topological polar surface area (TPSA) is 80.3 Å². The summed E-state index contributed by atoms with van der Waals surface area (Å²) in [6.07, 6.45) is 0. The molecule has 2 aromatic rings. The Hall–Kier alpha value is -2.39. The summed E-state index contributed by atoms with van der Waals surface area (Å²) in [5.41, 5.74) is -0.0457. The maximum absolute atomic E-state index is 13.1. The van der Waals surface area contributed by atoms with E-state index in [0.29, 0.717) is 19.2 Å². The van der Waals surface area contributed by atoms with Gasteiger partial charge in [-0.2, -0.15) is 0 Å². The Bertz CT molecular complexity index is 701. The quantitative estimate of drug-likeness (QED) is 0.788. The molecule has 0 fully saturated rings. The summed E-state index contributed by atoms with van der Waals surface area (Å²) in [7, 11) is 1.51. The van der Waals surface area contributed by atoms with Crippen molar-refractivity contribution in [2.75, 3.05) is 25.6 Å². The Morgan fingerprint density at radius 3 is 2.57 bits per heavy atom. The van der Waals surface area contributed by atoms with E-state index >= 15 is 0 Å². The molecule has 0 saturated heterocycles. The zero-order valence-corrected chi connectivity index (χ0v) is 12.9. The molecule has 6 nitrogen and oxygen atoms in total. The lowest BCUT2D eigenvalue weighted by molar-refractivity contribution is 0.0931. The fourth-order valence-electron chi connectivity index (χ4n) is 1.65. The van der Waals surface area contributed by atoms with Crippen LogP contribution in [0.1, 0.15) is 20.8 Å². The van der Waals surface area contributed by atoms with Gasteiger partial charge in [0.2, 0.25) is 0 Å². The van der Waals surface area contributed by atoms with Crippen LogP contribution in [0.5, 0.6) is 0 Å². The van der Waals surface area contributed by atoms with Gasteiger partial charge in [0, 0.05) is 30.7 Å². The van der Waals surface area contributed by atoms with E-state index < -0.39 is 23.4 Å². The molecule has 1 heterocycles. The Morgan fingerprint density at radius 2 is 1.91 bits per heavy atom. The van der Waals surface area contributed by atoms with Crippen molar-refractivity contribution < 1.29 is 23.1 Å². The monoisotopic (exact) mass is 341 g/mol. The van der Waals surface area contributed by atoms with Gasteiger partial charge in [-0.1, -0.05) is 0 Å². The smallest absolute Gasteiger partial charge is 0.270 e. The molecule has 0 aliphatic rings. The number of anilines is 1. The van der Waals surface area contributed by atoms with E-state index in [2.05, 4.69) is 15.6 Å². The lowest BCUT2D eigenvalue weighted by Crippen LogP contribution is -2.27. The van der Waals surface area contributed by atoms with Gasteiger partial charge in [0.1, 0.15) is 17.3 Å². The van der Waals surface area contributed by atoms with E-state index in [-0.39, 0.29) is 16.4 Å². The van der Waals surface area contributed by atoms with Crippen LogP contribution in [0.2, 0.25) is 0 Å². The highest BCUT2D eigenvalue weighted by Gasteiger charge is 2.14. The number of carbonyl (C=O) groups excluding carboxylic acids is 2. The zero-order chi connectivity index (χ0) is 16.8. The molecule has 0 radical (unpaired) electrons. The molecule has 0 unspecified atom stereocenters. The van der Waals surface area contributed by atoms with Crippen LogP contribution in [0, 0.1) is 11.6 Å². The number of rotatable bonds is 6. The van der Waals surface area contributed by atoms with Crippen LogP contribution in [-0.4, -0.2) is 37.1 Å². The summed E-state index contributed by atoms with van der Waals surface area (Å²) in [6, 6.07) is 2.48. The molecule has 9 heteroatoms. The van der Waals surface area contributed by atoms with Crippen LogP contribution in [0.4, 0.5) is 13.9 Å². The summed E-state index contributed by atoms with van der Waals surface area (Å²) in [6.45, 7) is 0.696. The van der Waals surface area contributed by atoms with Crippen LogP contribution >= 0.6 is 11.3 Å². The number of amides is 2. The van der Waals surface area contributed by atoms with Crippen molar-refractivity contribution in [1.82, 2.24) is 10.3 Å². The first kappa shape index (κ1) is 17.0. The Balaban J connectivity index is 2.01. The second-order valence-electron chi connectivity index (χ2n) is 4.40. The van der Waals surface area contributed by atoms with Crippen molar-refractivity contribution in [2.24, 2.45) is 0 Å². The number of nitrogens with zero attached hydrogens (tertiary/aromatic N) is 1. The molecule has 0 bridgehead atoms. The Morgan fingerprint density at radius 1 is 1.22 bits per heavy atom. The summed E-state index contributed by atoms with van der Waals surface area (Å²) in [5.74, 6) is -2.83. The number of carbonyl (C=O) groups is 2. The third kappa shape index (κ3) is 4.80. The normalized spacial score (nSPS) is 10.4. The second-order valence-corrected chi connectivity index (χ2v) is 5.26. The number of nitrogens with one attached hydrogen (secondary N) is 2. The van der Waals surface area contributed by atoms with Crippen LogP contribution in [0.25, 0.3) is 0 Å². The first-order valence-electron chi connectivity index (χ1n) is 6.49. The Labute approximate surface area is 134 Å². The van der Waals surface area contributed by atoms with E-state index in [1.54, 1.807) is 0 Å². The molecule has 0 spiro atoms. The van der Waals surface area contributed by atoms with Crippen LogP contribution in [-0.2, 0) is 4.74 Å². The lowest BCUT2D eigenvalue weighted by Gasteiger charge is -2.03. The average Bonchev–Trinajstić information content (AvgIpc) is 2.95. The minimum absolute atomic E-state index is 0.131. The van der Waals surface area contributed by atoms with E-state index in [1.807, 2.05) is 0 Å². The number of methoxy groups -OCH3 is 1. The van der Waals surface area contributed by atoms with Crippen LogP contribution < -0.4 is 10.6 Å². The van der Waals surface area contributed by atoms with Gasteiger partial charge in [-0.25, -0.2) is 13.8 Å². The molecule has 0 aliphatic heterocycles. The fourth-order valence-corrected chi connectivity index (χ4v) is 2.33. The third-order valence-electron chi connectivity index (χ3n) is 2.67. The van der Waals surface area contributed by atoms with Gasteiger partial charge >= 0.3 is 0 Å². The highest BCUT2D eigenvalue weighted by atomic mass is 32.1. The molecule has 1 aromatic heterocycles. The van der Waals surface area contributed by atoms with Gasteiger partial charge in [0.25, 0.3) is 11.8 Å². The van der Waals surface area contributed by atoms with E-state index in [0.717, 1.165) is 23.5 Å². The van der Waals surface area contributed by atoms with E-state index in [9.17, 15) is 18.4 Å². The number of benzene rings is 1. The van der Waals surface area contributed by atoms with Gasteiger partial charge in [-0.15, -0.1) is 11.3 Å². The molecule has 122 valence electrons. The fraction of sp³-hybridized carbons (Fsp3) is 0.214. The van der Waals surface area contributed by atoms with Gasteiger partial charge in [0.15, 0.2) is 5.13 Å². The summed E-state index contributed by atoms with van der Waals surface area (Å²) < 4.78 is 31.0. The molecule has 23 heavy (non-hydrogen) atoms. The number of aromatic nitrogens is 1. The SMILES string of the molecule is COCCNC(=O)c1csc(NC(=O)c2cc(F)cc(F)c2)n1. The zero-order valence-electron chi connectivity index (χ0n) is 12.1. The maximum Gasteiger partial charge on any atom is 0.270 e. The average molecular weight is 341 g/mol. The summed E-state index contributed by atoms with van der Waals surface area (Å²) in [4.78, 5) is 27.6. The van der Waals surface area contributed by atoms with Gasteiger partial charge in [-0.05, 0) is 12.1 Å². The van der Waals surface area contributed by atoms with Crippen molar-refractivity contribution in [2.45, 2.75) is 0 Å². The number of hydrogen-bond donors (Lipinski definition) is 2. The lowest BCUT2D eigenvalue weighted by atomic mass is 10.2. The van der Waals surface area contributed by atoms with Gasteiger partial charge < -0.3 is 10.1 Å². The highest BCUT2D eigenvalue weighted by Crippen LogP contribution is 2.17. The largest absolute Gasteiger partial charge is 0.383 e. The van der Waals surface area contributed by atoms with Gasteiger partial charge in [0.05, 0.1) is 6.61 Å². The third-order valence-corrected chi connectivity index (χ3v) is 3.43. The molecule has 0 saturated carbocycles. The van der Waals surface area contributed by atoms with Gasteiger partial charge in [-0.3, -0.25) is 14.9 Å². The predicted molar refractivity (Wildman–Crippen MR) is 80.6 cm³/mol. The van der Waals surface area contributed by atoms with Crippen molar-refractivity contribution in [3.63, 3.8) is 0 Å². The molecule has 0 aliphatic carbocycles. The van der Waals surface area contributed by atoms with E-state index in [4.69, 9.17) is 4.74 Å². The second kappa shape index (κ2) is 7.75. The van der Waals surface area contributed by atoms with Crippen molar-refractivity contribution in [3.05, 3.63) is 46.5 Å². The number of thiazole rings is 1. The summed E-state index contributed by atoms with van der Waals surface area (Å²) in [5, 5.41) is 6.58. The number of hydrogen-bond acceptors (Lipinski definition) is 5. The molecule has 2 N–H and O–H groups in total. The van der Waals surface area contributed by atoms with Crippen LogP contribution in [0.3, 0.4) is 0 Å². The molecule has 0 atom stereocenters. The molecule has 2 amide bonds. The highest BCUT2D eigenvalue weighted by molar-refractivity contribution is 7.14. The summed E-state index contributed by atoms with van der Waals surface area (Å²) >= 11 is 1.03. The molecular weight excluding hydrogens is 328 g/mol. The first-order valence-corrected chi connectivity index (χ1v) is 7.37. The first-order chi connectivity index (χ1) is 11.0.